The van der Waals surface area contributed by atoms with E-state index in [1.54, 1.807) is 31.3 Å². The van der Waals surface area contributed by atoms with E-state index in [1.807, 2.05) is 42.5 Å². The molecule has 0 atom stereocenters. The third-order valence-corrected chi connectivity index (χ3v) is 5.34. The standard InChI is InChI=1S/C26H24N2O4/c1-28-22-11-6-5-10-21(22)23(24(29)26(28)31)25(30)27-16-7-17-32-20-14-12-19(13-15-20)18-8-3-2-4-9-18/h2-6,8-15,29H,7,16-17H2,1H3,(H,27,30). The predicted molar refractivity (Wildman–Crippen MR) is 125 cm³/mol. The van der Waals surface area contributed by atoms with Gasteiger partial charge in [-0.1, -0.05) is 60.7 Å². The largest absolute Gasteiger partial charge is 0.502 e. The van der Waals surface area contributed by atoms with Crippen molar-refractivity contribution < 1.29 is 14.6 Å². The van der Waals surface area contributed by atoms with Gasteiger partial charge in [-0.15, -0.1) is 0 Å². The zero-order chi connectivity index (χ0) is 22.5. The van der Waals surface area contributed by atoms with Crippen LogP contribution in [0.15, 0.2) is 83.7 Å². The van der Waals surface area contributed by atoms with Crippen LogP contribution in [0.2, 0.25) is 0 Å². The van der Waals surface area contributed by atoms with Gasteiger partial charge in [0.05, 0.1) is 17.7 Å². The number of rotatable bonds is 7. The number of para-hydroxylation sites is 1. The fraction of sp³-hybridized carbons (Fsp3) is 0.154. The maximum atomic E-state index is 12.7. The van der Waals surface area contributed by atoms with Gasteiger partial charge in [0, 0.05) is 19.0 Å². The molecule has 0 aliphatic heterocycles. The molecule has 0 fully saturated rings. The molecule has 0 aliphatic carbocycles. The van der Waals surface area contributed by atoms with Crippen LogP contribution in [0.5, 0.6) is 11.5 Å². The normalized spacial score (nSPS) is 10.8. The van der Waals surface area contributed by atoms with E-state index < -0.39 is 17.2 Å². The average Bonchev–Trinajstić information content (AvgIpc) is 2.83. The van der Waals surface area contributed by atoms with Crippen molar-refractivity contribution in [3.63, 3.8) is 0 Å². The van der Waals surface area contributed by atoms with Crippen LogP contribution in [-0.4, -0.2) is 28.7 Å². The molecule has 162 valence electrons. The molecule has 0 radical (unpaired) electrons. The number of aromatic nitrogens is 1. The van der Waals surface area contributed by atoms with E-state index in [0.29, 0.717) is 30.5 Å². The first-order valence-electron chi connectivity index (χ1n) is 10.4. The fourth-order valence-electron chi connectivity index (χ4n) is 3.64. The number of hydrogen-bond acceptors (Lipinski definition) is 4. The number of nitrogens with zero attached hydrogens (tertiary/aromatic N) is 1. The van der Waals surface area contributed by atoms with Crippen molar-refractivity contribution in [2.24, 2.45) is 7.05 Å². The minimum absolute atomic E-state index is 0.00104. The molecule has 1 amide bonds. The van der Waals surface area contributed by atoms with Crippen LogP contribution in [0.4, 0.5) is 0 Å². The molecule has 0 saturated heterocycles. The highest BCUT2D eigenvalue weighted by Crippen LogP contribution is 2.24. The van der Waals surface area contributed by atoms with E-state index in [4.69, 9.17) is 4.74 Å². The Bertz CT molecular complexity index is 1300. The first kappa shape index (κ1) is 21.2. The maximum Gasteiger partial charge on any atom is 0.293 e. The molecule has 3 aromatic carbocycles. The van der Waals surface area contributed by atoms with Gasteiger partial charge in [-0.2, -0.15) is 0 Å². The van der Waals surface area contributed by atoms with Crippen LogP contribution in [0.3, 0.4) is 0 Å². The lowest BCUT2D eigenvalue weighted by atomic mass is 10.1. The predicted octanol–water partition coefficient (Wildman–Crippen LogP) is 4.11. The van der Waals surface area contributed by atoms with Crippen molar-refractivity contribution in [1.29, 1.82) is 0 Å². The summed E-state index contributed by atoms with van der Waals surface area (Å²) in [6, 6.07) is 25.0. The highest BCUT2D eigenvalue weighted by atomic mass is 16.5. The molecule has 6 nitrogen and oxygen atoms in total. The maximum absolute atomic E-state index is 12.7. The zero-order valence-electron chi connectivity index (χ0n) is 17.7. The lowest BCUT2D eigenvalue weighted by Crippen LogP contribution is -2.28. The second-order valence-corrected chi connectivity index (χ2v) is 7.45. The first-order chi connectivity index (χ1) is 15.6. The minimum Gasteiger partial charge on any atom is -0.502 e. The summed E-state index contributed by atoms with van der Waals surface area (Å²) in [5.74, 6) is -0.270. The zero-order valence-corrected chi connectivity index (χ0v) is 17.7. The Morgan fingerprint density at radius 2 is 1.59 bits per heavy atom. The Hall–Kier alpha value is -4.06. The highest BCUT2D eigenvalue weighted by Gasteiger charge is 2.20. The smallest absolute Gasteiger partial charge is 0.293 e. The second-order valence-electron chi connectivity index (χ2n) is 7.45. The van der Waals surface area contributed by atoms with Crippen molar-refractivity contribution in [3.8, 4) is 22.6 Å². The summed E-state index contributed by atoms with van der Waals surface area (Å²) in [6.07, 6.45) is 0.579. The molecule has 4 rings (SSSR count). The van der Waals surface area contributed by atoms with Crippen molar-refractivity contribution in [1.82, 2.24) is 9.88 Å². The number of carbonyl (C=O) groups is 1. The van der Waals surface area contributed by atoms with E-state index in [9.17, 15) is 14.7 Å². The molecule has 1 aromatic heterocycles. The monoisotopic (exact) mass is 428 g/mol. The molecule has 0 saturated carbocycles. The summed E-state index contributed by atoms with van der Waals surface area (Å²) < 4.78 is 7.09. The second kappa shape index (κ2) is 9.39. The van der Waals surface area contributed by atoms with E-state index in [0.717, 1.165) is 16.9 Å². The molecule has 0 unspecified atom stereocenters. The highest BCUT2D eigenvalue weighted by molar-refractivity contribution is 6.08. The minimum atomic E-state index is -0.601. The Kier molecular flexibility index (Phi) is 6.22. The van der Waals surface area contributed by atoms with E-state index >= 15 is 0 Å². The van der Waals surface area contributed by atoms with Gasteiger partial charge < -0.3 is 19.7 Å². The van der Waals surface area contributed by atoms with Crippen molar-refractivity contribution >= 4 is 16.8 Å². The Balaban J connectivity index is 1.33. The van der Waals surface area contributed by atoms with Gasteiger partial charge in [0.1, 0.15) is 5.75 Å². The van der Waals surface area contributed by atoms with Crippen LogP contribution in [0.25, 0.3) is 22.0 Å². The molecule has 6 heteroatoms. The summed E-state index contributed by atoms with van der Waals surface area (Å²) >= 11 is 0. The van der Waals surface area contributed by atoms with Crippen molar-refractivity contribution in [2.75, 3.05) is 13.2 Å². The Morgan fingerprint density at radius 3 is 2.34 bits per heavy atom. The molecule has 0 bridgehead atoms. The van der Waals surface area contributed by atoms with E-state index in [2.05, 4.69) is 17.4 Å². The van der Waals surface area contributed by atoms with Gasteiger partial charge in [-0.3, -0.25) is 9.59 Å². The van der Waals surface area contributed by atoms with E-state index in [1.165, 1.54) is 4.57 Å². The number of amides is 1. The summed E-state index contributed by atoms with van der Waals surface area (Å²) in [6.45, 7) is 0.776. The van der Waals surface area contributed by atoms with Gasteiger partial charge in [0.25, 0.3) is 11.5 Å². The third-order valence-electron chi connectivity index (χ3n) is 5.34. The van der Waals surface area contributed by atoms with Crippen molar-refractivity contribution in [2.45, 2.75) is 6.42 Å². The lowest BCUT2D eigenvalue weighted by Gasteiger charge is -2.13. The van der Waals surface area contributed by atoms with E-state index in [-0.39, 0.29) is 5.56 Å². The van der Waals surface area contributed by atoms with Crippen LogP contribution < -0.4 is 15.6 Å². The number of fused-ring (bicyclic) bond motifs is 1. The summed E-state index contributed by atoms with van der Waals surface area (Å²) in [5.41, 5.74) is 2.25. The molecule has 32 heavy (non-hydrogen) atoms. The molecule has 0 spiro atoms. The van der Waals surface area contributed by atoms with Crippen LogP contribution >= 0.6 is 0 Å². The summed E-state index contributed by atoms with van der Waals surface area (Å²) in [7, 11) is 1.57. The third kappa shape index (κ3) is 4.34. The molecular weight excluding hydrogens is 404 g/mol. The van der Waals surface area contributed by atoms with Crippen LogP contribution in [-0.2, 0) is 7.05 Å². The average molecular weight is 428 g/mol. The number of aryl methyl sites for hydroxylation is 1. The van der Waals surface area contributed by atoms with Crippen LogP contribution in [0, 0.1) is 0 Å². The summed E-state index contributed by atoms with van der Waals surface area (Å²) in [4.78, 5) is 25.0. The fourth-order valence-corrected chi connectivity index (χ4v) is 3.64. The molecule has 1 heterocycles. The molecule has 4 aromatic rings. The molecule has 0 aliphatic rings. The first-order valence-corrected chi connectivity index (χ1v) is 10.4. The van der Waals surface area contributed by atoms with Gasteiger partial charge in [0.15, 0.2) is 5.75 Å². The number of benzene rings is 3. The molecule has 2 N–H and O–H groups in total. The number of pyridine rings is 1. The Labute approximate surface area is 185 Å². The van der Waals surface area contributed by atoms with Crippen LogP contribution in [0.1, 0.15) is 16.8 Å². The molecular formula is C26H24N2O4. The SMILES string of the molecule is Cn1c(=O)c(O)c(C(=O)NCCCOc2ccc(-c3ccccc3)cc2)c2ccccc21. The number of hydrogen-bond donors (Lipinski definition) is 2. The van der Waals surface area contributed by atoms with Gasteiger partial charge in [-0.25, -0.2) is 0 Å². The topological polar surface area (TPSA) is 80.6 Å². The quantitative estimate of drug-likeness (QED) is 0.434. The summed E-state index contributed by atoms with van der Waals surface area (Å²) in [5, 5.41) is 13.6. The number of nitrogens with one attached hydrogen (secondary N) is 1. The number of aromatic hydroxyl groups is 1. The van der Waals surface area contributed by atoms with Gasteiger partial charge in [-0.05, 0) is 35.7 Å². The lowest BCUT2D eigenvalue weighted by molar-refractivity contribution is 0.0950. The number of carbonyl (C=O) groups excluding carboxylic acids is 1. The van der Waals surface area contributed by atoms with Gasteiger partial charge in [0.2, 0.25) is 0 Å². The Morgan fingerprint density at radius 1 is 0.938 bits per heavy atom. The van der Waals surface area contributed by atoms with Gasteiger partial charge >= 0.3 is 0 Å². The van der Waals surface area contributed by atoms with Crippen molar-refractivity contribution in [3.05, 3.63) is 94.8 Å². The number of ether oxygens (including phenoxy) is 1.